The van der Waals surface area contributed by atoms with Gasteiger partial charge in [-0.2, -0.15) is 4.98 Å². The molecule has 3 rings (SSSR count). The van der Waals surface area contributed by atoms with Gasteiger partial charge < -0.3 is 9.63 Å². The summed E-state index contributed by atoms with van der Waals surface area (Å²) in [4.78, 5) is 4.43. The predicted octanol–water partition coefficient (Wildman–Crippen LogP) is 3.65. The second-order valence-corrected chi connectivity index (χ2v) is 5.18. The molecule has 1 aromatic heterocycles. The van der Waals surface area contributed by atoms with Crippen molar-refractivity contribution in [1.82, 2.24) is 10.1 Å². The first kappa shape index (κ1) is 13.4. The Labute approximate surface area is 123 Å². The lowest BCUT2D eigenvalue weighted by Crippen LogP contribution is -1.91. The maximum absolute atomic E-state index is 9.44. The minimum absolute atomic E-state index is 0.232. The summed E-state index contributed by atoms with van der Waals surface area (Å²) in [6, 6.07) is 13.4. The molecule has 0 saturated heterocycles. The number of phenols is 1. The zero-order chi connectivity index (χ0) is 14.8. The fraction of sp³-hybridized carbons (Fsp3) is 0.176. The van der Waals surface area contributed by atoms with Crippen molar-refractivity contribution in [3.63, 3.8) is 0 Å². The van der Waals surface area contributed by atoms with Crippen LogP contribution in [-0.2, 0) is 6.42 Å². The van der Waals surface area contributed by atoms with E-state index in [1.807, 2.05) is 6.92 Å². The van der Waals surface area contributed by atoms with E-state index in [-0.39, 0.29) is 5.75 Å². The minimum atomic E-state index is 0.232. The fourth-order valence-corrected chi connectivity index (χ4v) is 2.21. The highest BCUT2D eigenvalue weighted by atomic mass is 16.5. The lowest BCUT2D eigenvalue weighted by atomic mass is 10.1. The Morgan fingerprint density at radius 2 is 1.81 bits per heavy atom. The first-order valence-electron chi connectivity index (χ1n) is 6.80. The molecule has 1 N–H and O–H groups in total. The SMILES string of the molecule is Cc1ccc(Cc2noc(-c3ccc(O)cc3C)n2)cc1. The second-order valence-electron chi connectivity index (χ2n) is 5.18. The zero-order valence-electron chi connectivity index (χ0n) is 12.0. The van der Waals surface area contributed by atoms with Crippen LogP contribution >= 0.6 is 0 Å². The quantitative estimate of drug-likeness (QED) is 0.795. The molecule has 0 saturated carbocycles. The Bertz CT molecular complexity index is 761. The summed E-state index contributed by atoms with van der Waals surface area (Å²) in [6.07, 6.45) is 0.640. The van der Waals surface area contributed by atoms with Crippen LogP contribution in [0, 0.1) is 13.8 Å². The fourth-order valence-electron chi connectivity index (χ4n) is 2.21. The molecule has 0 fully saturated rings. The number of aromatic hydroxyl groups is 1. The number of nitrogens with zero attached hydrogens (tertiary/aromatic N) is 2. The molecule has 21 heavy (non-hydrogen) atoms. The number of phenolic OH excluding ortho intramolecular Hbond substituents is 1. The van der Waals surface area contributed by atoms with Gasteiger partial charge in [-0.15, -0.1) is 0 Å². The molecule has 3 aromatic rings. The highest BCUT2D eigenvalue weighted by Gasteiger charge is 2.12. The van der Waals surface area contributed by atoms with Crippen LogP contribution in [0.4, 0.5) is 0 Å². The zero-order valence-corrected chi connectivity index (χ0v) is 12.0. The van der Waals surface area contributed by atoms with Crippen LogP contribution in [0.1, 0.15) is 22.5 Å². The van der Waals surface area contributed by atoms with Gasteiger partial charge in [0.15, 0.2) is 5.82 Å². The van der Waals surface area contributed by atoms with Gasteiger partial charge in [-0.1, -0.05) is 35.0 Å². The summed E-state index contributed by atoms with van der Waals surface area (Å²) in [6.45, 7) is 3.96. The van der Waals surface area contributed by atoms with Crippen molar-refractivity contribution in [1.29, 1.82) is 0 Å². The first-order valence-corrected chi connectivity index (χ1v) is 6.80. The molecule has 0 amide bonds. The number of aromatic nitrogens is 2. The molecule has 0 aliphatic heterocycles. The van der Waals surface area contributed by atoms with Crippen molar-refractivity contribution >= 4 is 0 Å². The van der Waals surface area contributed by atoms with Crippen LogP contribution in [0.25, 0.3) is 11.5 Å². The molecular formula is C17H16N2O2. The standard InChI is InChI=1S/C17H16N2O2/c1-11-3-5-13(6-4-11)10-16-18-17(21-19-16)15-8-7-14(20)9-12(15)2/h3-9,20H,10H2,1-2H3. The van der Waals surface area contributed by atoms with Crippen LogP contribution < -0.4 is 0 Å². The van der Waals surface area contributed by atoms with E-state index in [1.54, 1.807) is 18.2 Å². The van der Waals surface area contributed by atoms with Gasteiger partial charge in [-0.25, -0.2) is 0 Å². The molecule has 1 heterocycles. The van der Waals surface area contributed by atoms with E-state index in [0.29, 0.717) is 18.1 Å². The van der Waals surface area contributed by atoms with Crippen molar-refractivity contribution in [3.05, 3.63) is 65.0 Å². The lowest BCUT2D eigenvalue weighted by molar-refractivity contribution is 0.423. The average Bonchev–Trinajstić information content (AvgIpc) is 2.90. The van der Waals surface area contributed by atoms with Gasteiger partial charge >= 0.3 is 0 Å². The van der Waals surface area contributed by atoms with Crippen LogP contribution in [-0.4, -0.2) is 15.2 Å². The minimum Gasteiger partial charge on any atom is -0.508 e. The van der Waals surface area contributed by atoms with Crippen LogP contribution in [0.15, 0.2) is 47.0 Å². The van der Waals surface area contributed by atoms with Gasteiger partial charge in [-0.3, -0.25) is 0 Å². The molecule has 0 unspecified atom stereocenters. The Morgan fingerprint density at radius 1 is 1.05 bits per heavy atom. The molecule has 4 heteroatoms. The monoisotopic (exact) mass is 280 g/mol. The Morgan fingerprint density at radius 3 is 2.52 bits per heavy atom. The highest BCUT2D eigenvalue weighted by Crippen LogP contribution is 2.25. The molecule has 0 spiro atoms. The van der Waals surface area contributed by atoms with Crippen LogP contribution in [0.3, 0.4) is 0 Å². The van der Waals surface area contributed by atoms with Gasteiger partial charge in [0, 0.05) is 12.0 Å². The Hall–Kier alpha value is -2.62. The van der Waals surface area contributed by atoms with E-state index in [4.69, 9.17) is 4.52 Å². The predicted molar refractivity (Wildman–Crippen MR) is 80.1 cm³/mol. The maximum Gasteiger partial charge on any atom is 0.258 e. The molecular weight excluding hydrogens is 264 g/mol. The Balaban J connectivity index is 1.84. The average molecular weight is 280 g/mol. The third-order valence-corrected chi connectivity index (χ3v) is 3.39. The van der Waals surface area contributed by atoms with Crippen LogP contribution in [0.2, 0.25) is 0 Å². The van der Waals surface area contributed by atoms with E-state index in [9.17, 15) is 5.11 Å². The Kier molecular flexibility index (Phi) is 3.44. The largest absolute Gasteiger partial charge is 0.508 e. The lowest BCUT2D eigenvalue weighted by Gasteiger charge is -2.00. The number of hydrogen-bond donors (Lipinski definition) is 1. The van der Waals surface area contributed by atoms with Gasteiger partial charge in [0.25, 0.3) is 5.89 Å². The number of rotatable bonds is 3. The topological polar surface area (TPSA) is 59.2 Å². The summed E-state index contributed by atoms with van der Waals surface area (Å²) in [5, 5.41) is 13.5. The molecule has 0 aliphatic rings. The van der Waals surface area contributed by atoms with Crippen LogP contribution in [0.5, 0.6) is 5.75 Å². The number of hydrogen-bond acceptors (Lipinski definition) is 4. The summed E-state index contributed by atoms with van der Waals surface area (Å²) >= 11 is 0. The molecule has 2 aromatic carbocycles. The van der Waals surface area contributed by atoms with Crippen molar-refractivity contribution < 1.29 is 9.63 Å². The van der Waals surface area contributed by atoms with E-state index in [1.165, 1.54) is 5.56 Å². The van der Waals surface area contributed by atoms with E-state index in [2.05, 4.69) is 41.3 Å². The summed E-state index contributed by atoms with van der Waals surface area (Å²) in [5.74, 6) is 1.37. The third-order valence-electron chi connectivity index (χ3n) is 3.39. The van der Waals surface area contributed by atoms with E-state index < -0.39 is 0 Å². The molecule has 0 radical (unpaired) electrons. The second kappa shape index (κ2) is 5.40. The van der Waals surface area contributed by atoms with Crippen molar-refractivity contribution in [2.45, 2.75) is 20.3 Å². The summed E-state index contributed by atoms with van der Waals surface area (Å²) < 4.78 is 5.32. The van der Waals surface area contributed by atoms with Gasteiger partial charge in [0.1, 0.15) is 5.75 Å². The van der Waals surface area contributed by atoms with Crippen molar-refractivity contribution in [3.8, 4) is 17.2 Å². The van der Waals surface area contributed by atoms with Gasteiger partial charge in [-0.05, 0) is 43.2 Å². The van der Waals surface area contributed by atoms with E-state index >= 15 is 0 Å². The molecule has 0 bridgehead atoms. The molecule has 106 valence electrons. The molecule has 4 nitrogen and oxygen atoms in total. The van der Waals surface area contributed by atoms with Crippen molar-refractivity contribution in [2.75, 3.05) is 0 Å². The van der Waals surface area contributed by atoms with Gasteiger partial charge in [0.05, 0.1) is 0 Å². The number of aryl methyl sites for hydroxylation is 2. The highest BCUT2D eigenvalue weighted by molar-refractivity contribution is 5.59. The summed E-state index contributed by atoms with van der Waals surface area (Å²) in [5.41, 5.74) is 4.12. The first-order chi connectivity index (χ1) is 10.1. The van der Waals surface area contributed by atoms with Gasteiger partial charge in [0.2, 0.25) is 0 Å². The molecule has 0 atom stereocenters. The third kappa shape index (κ3) is 2.94. The maximum atomic E-state index is 9.44. The van der Waals surface area contributed by atoms with Crippen molar-refractivity contribution in [2.24, 2.45) is 0 Å². The van der Waals surface area contributed by atoms with E-state index in [0.717, 1.165) is 16.7 Å². The summed E-state index contributed by atoms with van der Waals surface area (Å²) in [7, 11) is 0. The number of benzene rings is 2. The smallest absolute Gasteiger partial charge is 0.258 e. The molecule has 0 aliphatic carbocycles. The normalized spacial score (nSPS) is 10.8.